The number of carbonyl (C=O) groups is 1. The lowest BCUT2D eigenvalue weighted by Crippen LogP contribution is -2.29. The summed E-state index contributed by atoms with van der Waals surface area (Å²) in [5.41, 5.74) is 0.932. The maximum absolute atomic E-state index is 11.9. The SMILES string of the molecule is COc1ccc(C2SCC(=O)N2CCC#N)c(OC)c1. The van der Waals surface area contributed by atoms with Crippen molar-refractivity contribution in [1.29, 1.82) is 5.26 Å². The number of methoxy groups -OCH3 is 2. The van der Waals surface area contributed by atoms with Crippen LogP contribution in [0.3, 0.4) is 0 Å². The summed E-state index contributed by atoms with van der Waals surface area (Å²) in [6.45, 7) is 0.447. The maximum atomic E-state index is 11.9. The van der Waals surface area contributed by atoms with E-state index in [1.807, 2.05) is 12.1 Å². The molecule has 1 saturated heterocycles. The first-order chi connectivity index (χ1) is 9.71. The molecule has 2 rings (SSSR count). The zero-order valence-electron chi connectivity index (χ0n) is 11.5. The highest BCUT2D eigenvalue weighted by molar-refractivity contribution is 8.00. The van der Waals surface area contributed by atoms with Crippen LogP contribution in [0.1, 0.15) is 17.4 Å². The van der Waals surface area contributed by atoms with E-state index in [2.05, 4.69) is 6.07 Å². The van der Waals surface area contributed by atoms with Crippen molar-refractivity contribution in [2.45, 2.75) is 11.8 Å². The lowest BCUT2D eigenvalue weighted by atomic mass is 10.1. The van der Waals surface area contributed by atoms with E-state index in [1.54, 1.807) is 36.9 Å². The largest absolute Gasteiger partial charge is 0.497 e. The number of rotatable bonds is 5. The predicted molar refractivity (Wildman–Crippen MR) is 76.7 cm³/mol. The summed E-state index contributed by atoms with van der Waals surface area (Å²) in [5.74, 6) is 1.90. The highest BCUT2D eigenvalue weighted by atomic mass is 32.2. The Kier molecular flexibility index (Phi) is 4.74. The minimum atomic E-state index is -0.100. The van der Waals surface area contributed by atoms with Gasteiger partial charge in [-0.15, -0.1) is 11.8 Å². The Morgan fingerprint density at radius 1 is 1.45 bits per heavy atom. The molecule has 0 radical (unpaired) electrons. The summed E-state index contributed by atoms with van der Waals surface area (Å²) in [6.07, 6.45) is 0.335. The zero-order valence-corrected chi connectivity index (χ0v) is 12.3. The number of carbonyl (C=O) groups excluding carboxylic acids is 1. The summed E-state index contributed by atoms with van der Waals surface area (Å²) < 4.78 is 10.6. The van der Waals surface area contributed by atoms with Crippen molar-refractivity contribution in [1.82, 2.24) is 4.90 Å². The van der Waals surface area contributed by atoms with Crippen molar-refractivity contribution in [3.05, 3.63) is 23.8 Å². The van der Waals surface area contributed by atoms with Crippen molar-refractivity contribution in [2.75, 3.05) is 26.5 Å². The van der Waals surface area contributed by atoms with E-state index < -0.39 is 0 Å². The molecule has 1 heterocycles. The Hall–Kier alpha value is -1.87. The number of nitrogens with zero attached hydrogens (tertiary/aromatic N) is 2. The van der Waals surface area contributed by atoms with Crippen molar-refractivity contribution in [2.24, 2.45) is 0 Å². The molecule has 0 bridgehead atoms. The summed E-state index contributed by atoms with van der Waals surface area (Å²) in [7, 11) is 3.20. The molecule has 1 aromatic carbocycles. The normalized spacial score (nSPS) is 17.9. The minimum Gasteiger partial charge on any atom is -0.497 e. The Labute approximate surface area is 122 Å². The fraction of sp³-hybridized carbons (Fsp3) is 0.429. The number of hydrogen-bond acceptors (Lipinski definition) is 5. The van der Waals surface area contributed by atoms with Gasteiger partial charge in [0.1, 0.15) is 16.9 Å². The number of hydrogen-bond donors (Lipinski definition) is 0. The second-order valence-electron chi connectivity index (χ2n) is 4.27. The summed E-state index contributed by atoms with van der Waals surface area (Å²) in [4.78, 5) is 13.7. The fourth-order valence-corrected chi connectivity index (χ4v) is 3.39. The summed E-state index contributed by atoms with van der Waals surface area (Å²) in [5, 5.41) is 8.60. The topological polar surface area (TPSA) is 62.6 Å². The van der Waals surface area contributed by atoms with E-state index in [4.69, 9.17) is 14.7 Å². The summed E-state index contributed by atoms with van der Waals surface area (Å²) >= 11 is 1.55. The van der Waals surface area contributed by atoms with E-state index in [0.717, 1.165) is 5.56 Å². The maximum Gasteiger partial charge on any atom is 0.233 e. The first-order valence-corrected chi connectivity index (χ1v) is 7.26. The molecule has 20 heavy (non-hydrogen) atoms. The molecule has 1 amide bonds. The lowest BCUT2D eigenvalue weighted by Gasteiger charge is -2.24. The molecule has 0 aromatic heterocycles. The van der Waals surface area contributed by atoms with Crippen LogP contribution in [0.4, 0.5) is 0 Å². The standard InChI is InChI=1S/C14H16N2O3S/c1-18-10-4-5-11(12(8-10)19-2)14-16(7-3-6-15)13(17)9-20-14/h4-5,8,14H,3,7,9H2,1-2H3. The van der Waals surface area contributed by atoms with Crippen molar-refractivity contribution >= 4 is 17.7 Å². The first-order valence-electron chi connectivity index (χ1n) is 6.21. The van der Waals surface area contributed by atoms with Gasteiger partial charge in [0.15, 0.2) is 0 Å². The van der Waals surface area contributed by atoms with Gasteiger partial charge in [-0.1, -0.05) is 0 Å². The third-order valence-corrected chi connectivity index (χ3v) is 4.38. The average molecular weight is 292 g/mol. The molecule has 106 valence electrons. The van der Waals surface area contributed by atoms with Crippen LogP contribution >= 0.6 is 11.8 Å². The third-order valence-electron chi connectivity index (χ3n) is 3.14. The van der Waals surface area contributed by atoms with Gasteiger partial charge in [0.05, 0.1) is 32.5 Å². The van der Waals surface area contributed by atoms with Gasteiger partial charge in [0.25, 0.3) is 0 Å². The van der Waals surface area contributed by atoms with Crippen LogP contribution < -0.4 is 9.47 Å². The quantitative estimate of drug-likeness (QED) is 0.832. The number of ether oxygens (including phenoxy) is 2. The molecule has 0 aliphatic carbocycles. The van der Waals surface area contributed by atoms with Crippen LogP contribution in [-0.4, -0.2) is 37.3 Å². The highest BCUT2D eigenvalue weighted by Gasteiger charge is 2.34. The molecule has 1 aliphatic heterocycles. The van der Waals surface area contributed by atoms with Gasteiger partial charge in [-0.25, -0.2) is 0 Å². The van der Waals surface area contributed by atoms with Gasteiger partial charge >= 0.3 is 0 Å². The van der Waals surface area contributed by atoms with E-state index >= 15 is 0 Å². The lowest BCUT2D eigenvalue weighted by molar-refractivity contribution is -0.128. The van der Waals surface area contributed by atoms with E-state index in [9.17, 15) is 4.79 Å². The van der Waals surface area contributed by atoms with Crippen LogP contribution in [0.15, 0.2) is 18.2 Å². The molecular formula is C14H16N2O3S. The van der Waals surface area contributed by atoms with Gasteiger partial charge in [0, 0.05) is 18.2 Å². The molecule has 1 aliphatic rings. The van der Waals surface area contributed by atoms with Crippen LogP contribution in [0.5, 0.6) is 11.5 Å². The van der Waals surface area contributed by atoms with Gasteiger partial charge in [-0.05, 0) is 12.1 Å². The average Bonchev–Trinajstić information content (AvgIpc) is 2.85. The molecular weight excluding hydrogens is 276 g/mol. The van der Waals surface area contributed by atoms with Crippen LogP contribution in [0, 0.1) is 11.3 Å². The third kappa shape index (κ3) is 2.83. The molecule has 1 fully saturated rings. The summed E-state index contributed by atoms with van der Waals surface area (Å²) in [6, 6.07) is 7.65. The van der Waals surface area contributed by atoms with Crippen LogP contribution in [-0.2, 0) is 4.79 Å². The van der Waals surface area contributed by atoms with Crippen LogP contribution in [0.2, 0.25) is 0 Å². The van der Waals surface area contributed by atoms with Gasteiger partial charge < -0.3 is 14.4 Å². The molecule has 0 N–H and O–H groups in total. The fourth-order valence-electron chi connectivity index (χ4n) is 2.15. The van der Waals surface area contributed by atoms with Gasteiger partial charge in [-0.2, -0.15) is 5.26 Å². The molecule has 0 spiro atoms. The Morgan fingerprint density at radius 2 is 2.25 bits per heavy atom. The van der Waals surface area contributed by atoms with E-state index in [-0.39, 0.29) is 11.3 Å². The minimum absolute atomic E-state index is 0.0631. The van der Waals surface area contributed by atoms with Crippen molar-refractivity contribution in [3.63, 3.8) is 0 Å². The van der Waals surface area contributed by atoms with Gasteiger partial charge in [-0.3, -0.25) is 4.79 Å². The zero-order chi connectivity index (χ0) is 14.5. The molecule has 0 saturated carbocycles. The number of amides is 1. The number of thioether (sulfide) groups is 1. The second-order valence-corrected chi connectivity index (χ2v) is 5.34. The molecule has 1 unspecified atom stereocenters. The predicted octanol–water partition coefficient (Wildman–Crippen LogP) is 2.19. The Morgan fingerprint density at radius 3 is 2.90 bits per heavy atom. The van der Waals surface area contributed by atoms with Crippen LogP contribution in [0.25, 0.3) is 0 Å². The number of benzene rings is 1. The Balaban J connectivity index is 2.29. The number of nitriles is 1. The molecule has 6 heteroatoms. The molecule has 1 aromatic rings. The monoisotopic (exact) mass is 292 g/mol. The van der Waals surface area contributed by atoms with Crippen molar-refractivity contribution < 1.29 is 14.3 Å². The van der Waals surface area contributed by atoms with Crippen molar-refractivity contribution in [3.8, 4) is 17.6 Å². The second kappa shape index (κ2) is 6.53. The molecule has 1 atom stereocenters. The molecule has 5 nitrogen and oxygen atoms in total. The smallest absolute Gasteiger partial charge is 0.233 e. The first kappa shape index (κ1) is 14.5. The highest BCUT2D eigenvalue weighted by Crippen LogP contribution is 2.43. The van der Waals surface area contributed by atoms with Gasteiger partial charge in [0.2, 0.25) is 5.91 Å². The van der Waals surface area contributed by atoms with E-state index in [0.29, 0.717) is 30.2 Å². The Bertz CT molecular complexity index is 542. The van der Waals surface area contributed by atoms with E-state index in [1.165, 1.54) is 0 Å².